The molecule has 0 unspecified atom stereocenters. The second-order valence-electron chi connectivity index (χ2n) is 3.67. The molecule has 5 nitrogen and oxygen atoms in total. The number of anilines is 1. The third-order valence-electron chi connectivity index (χ3n) is 2.53. The molecule has 0 spiro atoms. The number of amides is 1. The zero-order chi connectivity index (χ0) is 13.0. The van der Waals surface area contributed by atoms with Gasteiger partial charge in [0.2, 0.25) is 0 Å². The van der Waals surface area contributed by atoms with Crippen molar-refractivity contribution in [1.82, 2.24) is 9.59 Å². The fraction of sp³-hybridized carbons (Fsp3) is 0.250. The SMILES string of the molecule is CCc1nnsc1C(=O)Nc1ccccc1CO. The van der Waals surface area contributed by atoms with Crippen LogP contribution in [0.3, 0.4) is 0 Å². The van der Waals surface area contributed by atoms with Crippen molar-refractivity contribution in [1.29, 1.82) is 0 Å². The molecule has 0 atom stereocenters. The molecule has 1 amide bonds. The number of aliphatic hydroxyl groups is 1. The monoisotopic (exact) mass is 263 g/mol. The van der Waals surface area contributed by atoms with E-state index in [9.17, 15) is 9.90 Å². The summed E-state index contributed by atoms with van der Waals surface area (Å²) in [6, 6.07) is 7.14. The first kappa shape index (κ1) is 12.7. The van der Waals surface area contributed by atoms with E-state index >= 15 is 0 Å². The van der Waals surface area contributed by atoms with Crippen LogP contribution in [0.2, 0.25) is 0 Å². The number of nitrogens with one attached hydrogen (secondary N) is 1. The van der Waals surface area contributed by atoms with Crippen LogP contribution >= 0.6 is 11.5 Å². The van der Waals surface area contributed by atoms with E-state index in [0.29, 0.717) is 28.2 Å². The molecule has 0 saturated carbocycles. The van der Waals surface area contributed by atoms with Crippen molar-refractivity contribution >= 4 is 23.1 Å². The lowest BCUT2D eigenvalue weighted by Crippen LogP contribution is -2.13. The van der Waals surface area contributed by atoms with E-state index in [1.165, 1.54) is 0 Å². The van der Waals surface area contributed by atoms with Gasteiger partial charge in [0.25, 0.3) is 5.91 Å². The Bertz CT molecular complexity index is 554. The normalized spacial score (nSPS) is 10.3. The van der Waals surface area contributed by atoms with Gasteiger partial charge < -0.3 is 10.4 Å². The number of hydrogen-bond acceptors (Lipinski definition) is 5. The molecule has 0 bridgehead atoms. The molecule has 0 fully saturated rings. The van der Waals surface area contributed by atoms with Gasteiger partial charge in [0.1, 0.15) is 4.88 Å². The van der Waals surface area contributed by atoms with Gasteiger partial charge in [0, 0.05) is 11.3 Å². The van der Waals surface area contributed by atoms with E-state index in [-0.39, 0.29) is 12.5 Å². The number of para-hydroxylation sites is 1. The van der Waals surface area contributed by atoms with Gasteiger partial charge in [-0.25, -0.2) is 0 Å². The van der Waals surface area contributed by atoms with Crippen LogP contribution in [-0.4, -0.2) is 20.6 Å². The third-order valence-corrected chi connectivity index (χ3v) is 3.30. The molecule has 0 radical (unpaired) electrons. The highest BCUT2D eigenvalue weighted by Crippen LogP contribution is 2.18. The predicted molar refractivity (Wildman–Crippen MR) is 69.6 cm³/mol. The number of aryl methyl sites for hydroxylation is 1. The smallest absolute Gasteiger partial charge is 0.269 e. The van der Waals surface area contributed by atoms with E-state index in [2.05, 4.69) is 14.9 Å². The second-order valence-corrected chi connectivity index (χ2v) is 4.43. The molecule has 94 valence electrons. The minimum Gasteiger partial charge on any atom is -0.392 e. The quantitative estimate of drug-likeness (QED) is 0.882. The van der Waals surface area contributed by atoms with Gasteiger partial charge in [-0.3, -0.25) is 4.79 Å². The number of hydrogen-bond donors (Lipinski definition) is 2. The summed E-state index contributed by atoms with van der Waals surface area (Å²) < 4.78 is 3.78. The Labute approximate surface area is 109 Å². The predicted octanol–water partition coefficient (Wildman–Crippen LogP) is 1.85. The number of nitrogens with zero attached hydrogens (tertiary/aromatic N) is 2. The van der Waals surface area contributed by atoms with Gasteiger partial charge in [0.15, 0.2) is 0 Å². The van der Waals surface area contributed by atoms with Crippen molar-refractivity contribution in [2.24, 2.45) is 0 Å². The Morgan fingerprint density at radius 3 is 2.94 bits per heavy atom. The standard InChI is InChI=1S/C12H13N3O2S/c1-2-9-11(18-15-14-9)12(17)13-10-6-4-3-5-8(10)7-16/h3-6,16H,2,7H2,1H3,(H,13,17). The average Bonchev–Trinajstić information content (AvgIpc) is 2.87. The minimum atomic E-state index is -0.234. The van der Waals surface area contributed by atoms with Gasteiger partial charge in [-0.15, -0.1) is 5.10 Å². The van der Waals surface area contributed by atoms with Crippen LogP contribution in [0, 0.1) is 0 Å². The van der Waals surface area contributed by atoms with Crippen LogP contribution in [-0.2, 0) is 13.0 Å². The molecular formula is C12H13N3O2S. The lowest BCUT2D eigenvalue weighted by Gasteiger charge is -2.08. The topological polar surface area (TPSA) is 75.1 Å². The molecular weight excluding hydrogens is 250 g/mol. The zero-order valence-electron chi connectivity index (χ0n) is 9.88. The molecule has 6 heteroatoms. The Morgan fingerprint density at radius 2 is 2.22 bits per heavy atom. The van der Waals surface area contributed by atoms with Gasteiger partial charge in [0.05, 0.1) is 12.3 Å². The fourth-order valence-corrected chi connectivity index (χ4v) is 2.22. The summed E-state index contributed by atoms with van der Waals surface area (Å²) in [6.45, 7) is 1.81. The highest BCUT2D eigenvalue weighted by Gasteiger charge is 2.15. The number of aromatic nitrogens is 2. The van der Waals surface area contributed by atoms with Gasteiger partial charge in [-0.2, -0.15) is 0 Å². The molecule has 1 aromatic heterocycles. The van der Waals surface area contributed by atoms with Crippen molar-refractivity contribution in [3.8, 4) is 0 Å². The molecule has 0 aliphatic rings. The van der Waals surface area contributed by atoms with Crippen LogP contribution in [0.5, 0.6) is 0 Å². The maximum Gasteiger partial charge on any atom is 0.269 e. The maximum absolute atomic E-state index is 12.1. The zero-order valence-corrected chi connectivity index (χ0v) is 10.7. The second kappa shape index (κ2) is 5.70. The molecule has 1 aromatic carbocycles. The third kappa shape index (κ3) is 2.55. The van der Waals surface area contributed by atoms with E-state index in [4.69, 9.17) is 0 Å². The summed E-state index contributed by atoms with van der Waals surface area (Å²) in [5, 5.41) is 15.9. The number of benzene rings is 1. The largest absolute Gasteiger partial charge is 0.392 e. The van der Waals surface area contributed by atoms with Crippen LogP contribution < -0.4 is 5.32 Å². The van der Waals surface area contributed by atoms with Crippen LogP contribution in [0.4, 0.5) is 5.69 Å². The summed E-state index contributed by atoms with van der Waals surface area (Å²) in [6.07, 6.45) is 0.668. The number of aliphatic hydroxyl groups excluding tert-OH is 1. The molecule has 0 saturated heterocycles. The number of carbonyl (C=O) groups excluding carboxylic acids is 1. The molecule has 0 aliphatic carbocycles. The molecule has 2 aromatic rings. The highest BCUT2D eigenvalue weighted by molar-refractivity contribution is 7.08. The van der Waals surface area contributed by atoms with Crippen LogP contribution in [0.1, 0.15) is 27.9 Å². The molecule has 1 heterocycles. The Hall–Kier alpha value is -1.79. The van der Waals surface area contributed by atoms with Crippen LogP contribution in [0.15, 0.2) is 24.3 Å². The van der Waals surface area contributed by atoms with Crippen molar-refractivity contribution in [2.45, 2.75) is 20.0 Å². The van der Waals surface area contributed by atoms with Crippen molar-refractivity contribution in [2.75, 3.05) is 5.32 Å². The lowest BCUT2D eigenvalue weighted by atomic mass is 10.2. The van der Waals surface area contributed by atoms with E-state index in [0.717, 1.165) is 11.5 Å². The molecule has 0 aliphatic heterocycles. The summed E-state index contributed by atoms with van der Waals surface area (Å²) in [7, 11) is 0. The average molecular weight is 263 g/mol. The molecule has 2 rings (SSSR count). The summed E-state index contributed by atoms with van der Waals surface area (Å²) in [5.74, 6) is -0.234. The van der Waals surface area contributed by atoms with Gasteiger partial charge in [-0.1, -0.05) is 29.6 Å². The summed E-state index contributed by atoms with van der Waals surface area (Å²) in [4.78, 5) is 12.6. The Balaban J connectivity index is 2.21. The van der Waals surface area contributed by atoms with Gasteiger partial charge >= 0.3 is 0 Å². The van der Waals surface area contributed by atoms with Crippen molar-refractivity contribution < 1.29 is 9.90 Å². The van der Waals surface area contributed by atoms with E-state index in [1.54, 1.807) is 18.2 Å². The minimum absolute atomic E-state index is 0.113. The van der Waals surface area contributed by atoms with E-state index < -0.39 is 0 Å². The first-order valence-electron chi connectivity index (χ1n) is 5.57. The highest BCUT2D eigenvalue weighted by atomic mass is 32.1. The van der Waals surface area contributed by atoms with Gasteiger partial charge in [-0.05, 0) is 24.0 Å². The Morgan fingerprint density at radius 1 is 1.44 bits per heavy atom. The Kier molecular flexibility index (Phi) is 4.01. The first-order valence-corrected chi connectivity index (χ1v) is 6.35. The summed E-state index contributed by atoms with van der Waals surface area (Å²) in [5.41, 5.74) is 1.99. The lowest BCUT2D eigenvalue weighted by molar-refractivity contribution is 0.102. The number of carbonyl (C=O) groups is 1. The van der Waals surface area contributed by atoms with Crippen molar-refractivity contribution in [3.05, 3.63) is 40.4 Å². The van der Waals surface area contributed by atoms with Crippen LogP contribution in [0.25, 0.3) is 0 Å². The first-order chi connectivity index (χ1) is 8.76. The maximum atomic E-state index is 12.1. The molecule has 18 heavy (non-hydrogen) atoms. The molecule has 2 N–H and O–H groups in total. The van der Waals surface area contributed by atoms with E-state index in [1.807, 2.05) is 13.0 Å². The number of rotatable bonds is 4. The summed E-state index contributed by atoms with van der Waals surface area (Å²) >= 11 is 1.08. The fourth-order valence-electron chi connectivity index (χ4n) is 1.57. The van der Waals surface area contributed by atoms with Crippen molar-refractivity contribution in [3.63, 3.8) is 0 Å².